The van der Waals surface area contributed by atoms with E-state index in [9.17, 15) is 14.4 Å². The molecule has 0 aromatic heterocycles. The van der Waals surface area contributed by atoms with Gasteiger partial charge in [0.1, 0.15) is 0 Å². The third-order valence-electron chi connectivity index (χ3n) is 13.3. The van der Waals surface area contributed by atoms with Crippen LogP contribution in [-0.2, 0) is 38.1 Å². The third kappa shape index (κ3) is 31.3. The molecule has 1 atom stereocenters. The standard InChI is InChI=1S/C54H104N2O8/c1-9-14-17-20-23-30-40-60-48(6)34-26-27-36-51(59)64-47-54(45-55(8)49(57)35-33-39-56(12-4)13-5)43-53(7,44-54)46-63-50(58)37-28-29-38-52(61-41-31-24-21-18-15-10-2)62-42-32-25-22-19-16-11-3/h48,52H,9-47H2,1-8H3. The summed E-state index contributed by atoms with van der Waals surface area (Å²) in [6, 6.07) is 0. The maximum absolute atomic E-state index is 13.3. The highest BCUT2D eigenvalue weighted by molar-refractivity contribution is 5.76. The molecule has 0 aliphatic heterocycles. The number of hydrogen-bond acceptors (Lipinski definition) is 9. The second-order valence-corrected chi connectivity index (χ2v) is 20.0. The van der Waals surface area contributed by atoms with Crippen LogP contribution in [0, 0.1) is 10.8 Å². The summed E-state index contributed by atoms with van der Waals surface area (Å²) in [5.41, 5.74) is -0.598. The first-order valence-electron chi connectivity index (χ1n) is 27.1. The summed E-state index contributed by atoms with van der Waals surface area (Å²) in [6.45, 7) is 21.6. The lowest BCUT2D eigenvalue weighted by Crippen LogP contribution is -2.56. The van der Waals surface area contributed by atoms with Gasteiger partial charge in [-0.15, -0.1) is 0 Å². The molecule has 1 unspecified atom stereocenters. The van der Waals surface area contributed by atoms with E-state index in [0.717, 1.165) is 117 Å². The fraction of sp³-hybridized carbons (Fsp3) is 0.944. The maximum atomic E-state index is 13.3. The van der Waals surface area contributed by atoms with E-state index in [2.05, 4.69) is 53.4 Å². The molecule has 1 saturated carbocycles. The van der Waals surface area contributed by atoms with E-state index in [-0.39, 0.29) is 47.7 Å². The van der Waals surface area contributed by atoms with Crippen LogP contribution < -0.4 is 0 Å². The summed E-state index contributed by atoms with van der Waals surface area (Å²) in [4.78, 5) is 43.5. The van der Waals surface area contributed by atoms with Gasteiger partial charge in [-0.05, 0) is 97.2 Å². The number of unbranched alkanes of at least 4 members (excludes halogenated alkanes) is 17. The van der Waals surface area contributed by atoms with Crippen LogP contribution >= 0.6 is 0 Å². The van der Waals surface area contributed by atoms with E-state index < -0.39 is 0 Å². The molecule has 0 bridgehead atoms. The SMILES string of the molecule is CCCCCCCCOC(C)CCCCC(=O)OCC1(CN(C)C(=O)CCCN(CC)CC)CC(C)(COC(=O)CCCCC(OCCCCCCCC)OCCCCCCCC)C1. The highest BCUT2D eigenvalue weighted by Crippen LogP contribution is 2.55. The Bertz CT molecular complexity index is 1110. The number of hydrogen-bond donors (Lipinski definition) is 0. The van der Waals surface area contributed by atoms with Gasteiger partial charge in [0.15, 0.2) is 6.29 Å². The van der Waals surface area contributed by atoms with Crippen molar-refractivity contribution in [2.75, 3.05) is 66.3 Å². The van der Waals surface area contributed by atoms with Crippen LogP contribution in [0.5, 0.6) is 0 Å². The molecule has 10 nitrogen and oxygen atoms in total. The zero-order chi connectivity index (χ0) is 47.2. The van der Waals surface area contributed by atoms with Gasteiger partial charge in [0.25, 0.3) is 0 Å². The Labute approximate surface area is 395 Å². The number of nitrogens with zero attached hydrogens (tertiary/aromatic N) is 2. The van der Waals surface area contributed by atoms with Crippen LogP contribution in [-0.4, -0.2) is 106 Å². The zero-order valence-corrected chi connectivity index (χ0v) is 43.4. The number of esters is 2. The minimum atomic E-state index is -0.362. The van der Waals surface area contributed by atoms with Gasteiger partial charge in [-0.1, -0.05) is 144 Å². The van der Waals surface area contributed by atoms with Crippen LogP contribution in [0.3, 0.4) is 0 Å². The molecule has 0 aromatic rings. The van der Waals surface area contributed by atoms with Gasteiger partial charge in [0.05, 0.1) is 19.3 Å². The minimum Gasteiger partial charge on any atom is -0.465 e. The van der Waals surface area contributed by atoms with Crippen molar-refractivity contribution < 1.29 is 38.1 Å². The Kier molecular flexibility index (Phi) is 37.0. The van der Waals surface area contributed by atoms with Crippen molar-refractivity contribution in [1.82, 2.24) is 9.80 Å². The molecular formula is C54H104N2O8. The average molecular weight is 909 g/mol. The molecule has 1 amide bonds. The van der Waals surface area contributed by atoms with Crippen LogP contribution in [0.1, 0.15) is 241 Å². The maximum Gasteiger partial charge on any atom is 0.305 e. The lowest BCUT2D eigenvalue weighted by molar-refractivity contribution is -0.169. The molecule has 1 aliphatic carbocycles. The highest BCUT2D eigenvalue weighted by atomic mass is 16.7. The van der Waals surface area contributed by atoms with Gasteiger partial charge in [0.2, 0.25) is 5.91 Å². The van der Waals surface area contributed by atoms with Crippen LogP contribution in [0.2, 0.25) is 0 Å². The van der Waals surface area contributed by atoms with Crippen molar-refractivity contribution >= 4 is 17.8 Å². The van der Waals surface area contributed by atoms with E-state index in [0.29, 0.717) is 32.4 Å². The molecule has 378 valence electrons. The minimum absolute atomic E-state index is 0.119. The molecule has 0 N–H and O–H groups in total. The second-order valence-electron chi connectivity index (χ2n) is 20.0. The lowest BCUT2D eigenvalue weighted by atomic mass is 9.54. The smallest absolute Gasteiger partial charge is 0.305 e. The van der Waals surface area contributed by atoms with Crippen LogP contribution in [0.4, 0.5) is 0 Å². The first-order valence-corrected chi connectivity index (χ1v) is 27.1. The Morgan fingerprint density at radius 2 is 0.984 bits per heavy atom. The lowest BCUT2D eigenvalue weighted by Gasteiger charge is -2.55. The highest BCUT2D eigenvalue weighted by Gasteiger charge is 2.54. The van der Waals surface area contributed by atoms with Gasteiger partial charge in [-0.3, -0.25) is 14.4 Å². The summed E-state index contributed by atoms with van der Waals surface area (Å²) >= 11 is 0. The molecule has 1 fully saturated rings. The Morgan fingerprint density at radius 3 is 1.48 bits per heavy atom. The molecule has 0 spiro atoms. The van der Waals surface area contributed by atoms with Crippen molar-refractivity contribution in [3.05, 3.63) is 0 Å². The molecule has 1 aliphatic rings. The average Bonchev–Trinajstić information content (AvgIpc) is 3.27. The normalized spacial score (nSPS) is 17.8. The Hall–Kier alpha value is -1.75. The molecule has 0 heterocycles. The topological polar surface area (TPSA) is 104 Å². The molecule has 0 radical (unpaired) electrons. The number of ether oxygens (including phenoxy) is 5. The van der Waals surface area contributed by atoms with Gasteiger partial charge < -0.3 is 33.5 Å². The van der Waals surface area contributed by atoms with Crippen molar-refractivity contribution in [3.63, 3.8) is 0 Å². The van der Waals surface area contributed by atoms with Crippen molar-refractivity contribution in [2.24, 2.45) is 10.8 Å². The Morgan fingerprint density at radius 1 is 0.531 bits per heavy atom. The van der Waals surface area contributed by atoms with Crippen molar-refractivity contribution in [3.8, 4) is 0 Å². The molecule has 1 rings (SSSR count). The monoisotopic (exact) mass is 909 g/mol. The third-order valence-corrected chi connectivity index (χ3v) is 13.3. The summed E-state index contributed by atoms with van der Waals surface area (Å²) in [5.74, 6) is -0.241. The number of carbonyl (C=O) groups is 3. The predicted molar refractivity (Wildman–Crippen MR) is 265 cm³/mol. The second kappa shape index (κ2) is 39.3. The molecule has 0 saturated heterocycles. The van der Waals surface area contributed by atoms with E-state index in [4.69, 9.17) is 23.7 Å². The van der Waals surface area contributed by atoms with Gasteiger partial charge in [0, 0.05) is 63.5 Å². The largest absolute Gasteiger partial charge is 0.465 e. The van der Waals surface area contributed by atoms with Crippen molar-refractivity contribution in [2.45, 2.75) is 253 Å². The number of amides is 1. The summed E-state index contributed by atoms with van der Waals surface area (Å²) in [5, 5.41) is 0. The zero-order valence-electron chi connectivity index (χ0n) is 43.4. The van der Waals surface area contributed by atoms with Gasteiger partial charge in [-0.25, -0.2) is 0 Å². The first kappa shape index (κ1) is 60.3. The fourth-order valence-corrected chi connectivity index (χ4v) is 9.47. The van der Waals surface area contributed by atoms with E-state index in [1.165, 1.54) is 96.3 Å². The summed E-state index contributed by atoms with van der Waals surface area (Å²) in [7, 11) is 1.87. The molecule has 0 aromatic carbocycles. The van der Waals surface area contributed by atoms with E-state index >= 15 is 0 Å². The van der Waals surface area contributed by atoms with E-state index in [1.807, 2.05) is 11.9 Å². The fourth-order valence-electron chi connectivity index (χ4n) is 9.47. The van der Waals surface area contributed by atoms with Gasteiger partial charge >= 0.3 is 11.9 Å². The molecule has 10 heteroatoms. The first-order chi connectivity index (χ1) is 30.9. The van der Waals surface area contributed by atoms with Crippen LogP contribution in [0.15, 0.2) is 0 Å². The number of carbonyl (C=O) groups excluding carboxylic acids is 3. The van der Waals surface area contributed by atoms with Crippen LogP contribution in [0.25, 0.3) is 0 Å². The summed E-state index contributed by atoms with van der Waals surface area (Å²) in [6.07, 6.45) is 30.8. The van der Waals surface area contributed by atoms with E-state index in [1.54, 1.807) is 0 Å². The predicted octanol–water partition coefficient (Wildman–Crippen LogP) is 13.4. The molecule has 64 heavy (non-hydrogen) atoms. The molecular weight excluding hydrogens is 805 g/mol. The summed E-state index contributed by atoms with van der Waals surface area (Å²) < 4.78 is 30.3. The number of rotatable bonds is 46. The Balaban J connectivity index is 2.62. The van der Waals surface area contributed by atoms with Gasteiger partial charge in [-0.2, -0.15) is 0 Å². The van der Waals surface area contributed by atoms with Crippen molar-refractivity contribution in [1.29, 1.82) is 0 Å². The quantitative estimate of drug-likeness (QED) is 0.0335.